The Bertz CT molecular complexity index is 320. The van der Waals surface area contributed by atoms with Gasteiger partial charge in [0.15, 0.2) is 0 Å². The van der Waals surface area contributed by atoms with Gasteiger partial charge in [0.1, 0.15) is 0 Å². The lowest BCUT2D eigenvalue weighted by Crippen LogP contribution is -2.22. The molecule has 0 aromatic heterocycles. The minimum Gasteiger partial charge on any atom is -0.0651 e. The third-order valence-electron chi connectivity index (χ3n) is 7.55. The Kier molecular flexibility index (Phi) is 4.92. The van der Waals surface area contributed by atoms with Gasteiger partial charge in [-0.2, -0.15) is 0 Å². The van der Waals surface area contributed by atoms with Crippen molar-refractivity contribution in [3.8, 4) is 0 Å². The molecule has 0 N–H and O–H groups in total. The van der Waals surface area contributed by atoms with E-state index >= 15 is 0 Å². The van der Waals surface area contributed by atoms with Crippen molar-refractivity contribution in [2.24, 2.45) is 46.8 Å². The minimum atomic E-state index is 0.667. The first-order valence-corrected chi connectivity index (χ1v) is 9.34. The first-order valence-electron chi connectivity index (χ1n) is 9.34. The molecule has 8 unspecified atom stereocenters. The van der Waals surface area contributed by atoms with Crippen molar-refractivity contribution in [2.75, 3.05) is 0 Å². The topological polar surface area (TPSA) is 0 Å². The fourth-order valence-corrected chi connectivity index (χ4v) is 5.46. The highest BCUT2D eigenvalue weighted by molar-refractivity contribution is 5.05. The highest BCUT2D eigenvalue weighted by atomic mass is 14.6. The predicted molar refractivity (Wildman–Crippen MR) is 89.7 cm³/mol. The van der Waals surface area contributed by atoms with E-state index in [1.807, 2.05) is 0 Å². The summed E-state index contributed by atoms with van der Waals surface area (Å²) >= 11 is 0. The molecule has 0 radical (unpaired) electrons. The summed E-state index contributed by atoms with van der Waals surface area (Å²) in [7, 11) is 0. The van der Waals surface area contributed by atoms with Crippen LogP contribution in [0.5, 0.6) is 0 Å². The fraction of sp³-hybridized carbons (Fsp3) is 1.00. The Morgan fingerprint density at radius 3 is 2.20 bits per heavy atom. The largest absolute Gasteiger partial charge is 0.0651 e. The third-order valence-corrected chi connectivity index (χ3v) is 7.55. The average molecular weight is 279 g/mol. The second kappa shape index (κ2) is 6.01. The van der Waals surface area contributed by atoms with Gasteiger partial charge in [0.05, 0.1) is 0 Å². The van der Waals surface area contributed by atoms with Crippen molar-refractivity contribution in [1.82, 2.24) is 0 Å². The molecule has 0 aromatic rings. The summed E-state index contributed by atoms with van der Waals surface area (Å²) < 4.78 is 0. The van der Waals surface area contributed by atoms with Crippen molar-refractivity contribution >= 4 is 0 Å². The SMILES string of the molecule is CCC(C)C(C)C1CC(C)(C2CC2C(C)CC)CC1C. The van der Waals surface area contributed by atoms with Crippen molar-refractivity contribution in [2.45, 2.75) is 80.6 Å². The van der Waals surface area contributed by atoms with E-state index in [2.05, 4.69) is 48.5 Å². The smallest absolute Gasteiger partial charge is 0.0289 e. The van der Waals surface area contributed by atoms with Crippen LogP contribution in [0.15, 0.2) is 0 Å². The van der Waals surface area contributed by atoms with Crippen LogP contribution in [0.3, 0.4) is 0 Å². The van der Waals surface area contributed by atoms with Gasteiger partial charge in [0.2, 0.25) is 0 Å². The molecule has 2 fully saturated rings. The Hall–Kier alpha value is 0. The summed E-state index contributed by atoms with van der Waals surface area (Å²) in [5.41, 5.74) is 0.667. The van der Waals surface area contributed by atoms with Gasteiger partial charge in [0.25, 0.3) is 0 Å². The zero-order chi connectivity index (χ0) is 15.1. The first kappa shape index (κ1) is 16.4. The Morgan fingerprint density at radius 2 is 1.65 bits per heavy atom. The number of hydrogen-bond acceptors (Lipinski definition) is 0. The van der Waals surface area contributed by atoms with E-state index in [0.717, 1.165) is 41.4 Å². The molecule has 118 valence electrons. The molecular formula is C20H38. The summed E-state index contributed by atoms with van der Waals surface area (Å²) in [5.74, 6) is 6.80. The molecule has 0 bridgehead atoms. The summed E-state index contributed by atoms with van der Waals surface area (Å²) in [5, 5.41) is 0. The van der Waals surface area contributed by atoms with Crippen LogP contribution in [0.1, 0.15) is 80.6 Å². The van der Waals surface area contributed by atoms with E-state index in [-0.39, 0.29) is 0 Å². The van der Waals surface area contributed by atoms with E-state index in [4.69, 9.17) is 0 Å². The summed E-state index contributed by atoms with van der Waals surface area (Å²) in [6.07, 6.45) is 7.26. The zero-order valence-corrected chi connectivity index (χ0v) is 15.1. The lowest BCUT2D eigenvalue weighted by atomic mass is 9.75. The molecule has 2 aliphatic rings. The molecule has 0 heteroatoms. The second-order valence-electron chi connectivity index (χ2n) is 8.84. The maximum Gasteiger partial charge on any atom is -0.0289 e. The van der Waals surface area contributed by atoms with Crippen LogP contribution in [-0.4, -0.2) is 0 Å². The van der Waals surface area contributed by atoms with Crippen LogP contribution in [0, 0.1) is 46.8 Å². The van der Waals surface area contributed by atoms with E-state index in [9.17, 15) is 0 Å². The lowest BCUT2D eigenvalue weighted by molar-refractivity contribution is 0.194. The normalized spacial score (nSPS) is 45.1. The Labute approximate surface area is 128 Å². The third kappa shape index (κ3) is 2.95. The van der Waals surface area contributed by atoms with E-state index in [0.29, 0.717) is 5.41 Å². The monoisotopic (exact) mass is 278 g/mol. The van der Waals surface area contributed by atoms with Gasteiger partial charge in [-0.1, -0.05) is 61.3 Å². The zero-order valence-electron chi connectivity index (χ0n) is 15.1. The molecule has 0 aliphatic heterocycles. The van der Waals surface area contributed by atoms with Crippen LogP contribution in [-0.2, 0) is 0 Å². The Morgan fingerprint density at radius 1 is 1.00 bits per heavy atom. The van der Waals surface area contributed by atoms with Gasteiger partial charge in [-0.25, -0.2) is 0 Å². The molecule has 0 spiro atoms. The molecule has 0 nitrogen and oxygen atoms in total. The van der Waals surface area contributed by atoms with Gasteiger partial charge in [-0.15, -0.1) is 0 Å². The molecule has 0 amide bonds. The molecule has 0 saturated heterocycles. The van der Waals surface area contributed by atoms with Crippen LogP contribution < -0.4 is 0 Å². The molecular weight excluding hydrogens is 240 g/mol. The fourth-order valence-electron chi connectivity index (χ4n) is 5.46. The van der Waals surface area contributed by atoms with Crippen LogP contribution in [0.2, 0.25) is 0 Å². The van der Waals surface area contributed by atoms with Crippen LogP contribution in [0.4, 0.5) is 0 Å². The van der Waals surface area contributed by atoms with E-state index < -0.39 is 0 Å². The summed E-state index contributed by atoms with van der Waals surface area (Å²) in [6.45, 7) is 17.4. The maximum atomic E-state index is 2.62. The molecule has 2 rings (SSSR count). The van der Waals surface area contributed by atoms with Gasteiger partial charge >= 0.3 is 0 Å². The van der Waals surface area contributed by atoms with Crippen molar-refractivity contribution < 1.29 is 0 Å². The average Bonchev–Trinajstić information content (AvgIpc) is 3.17. The van der Waals surface area contributed by atoms with Gasteiger partial charge in [-0.3, -0.25) is 0 Å². The molecule has 0 aromatic carbocycles. The quantitative estimate of drug-likeness (QED) is 0.527. The van der Waals surface area contributed by atoms with Gasteiger partial charge in [0, 0.05) is 0 Å². The van der Waals surface area contributed by atoms with Crippen molar-refractivity contribution in [3.63, 3.8) is 0 Å². The van der Waals surface area contributed by atoms with Crippen LogP contribution >= 0.6 is 0 Å². The second-order valence-corrected chi connectivity index (χ2v) is 8.84. The first-order chi connectivity index (χ1) is 9.34. The highest BCUT2D eigenvalue weighted by Crippen LogP contribution is 2.64. The number of hydrogen-bond donors (Lipinski definition) is 0. The van der Waals surface area contributed by atoms with E-state index in [1.165, 1.54) is 32.1 Å². The summed E-state index contributed by atoms with van der Waals surface area (Å²) in [4.78, 5) is 0. The summed E-state index contributed by atoms with van der Waals surface area (Å²) in [6, 6.07) is 0. The van der Waals surface area contributed by atoms with Crippen LogP contribution in [0.25, 0.3) is 0 Å². The van der Waals surface area contributed by atoms with Crippen molar-refractivity contribution in [3.05, 3.63) is 0 Å². The van der Waals surface area contributed by atoms with Gasteiger partial charge in [-0.05, 0) is 66.1 Å². The standard InChI is InChI=1S/C20H38/c1-8-13(3)16(6)18-12-20(7,11-15(18)5)19-10-17(19)14(4)9-2/h13-19H,8-12H2,1-7H3. The van der Waals surface area contributed by atoms with E-state index in [1.54, 1.807) is 0 Å². The molecule has 0 heterocycles. The lowest BCUT2D eigenvalue weighted by Gasteiger charge is -2.30. The highest BCUT2D eigenvalue weighted by Gasteiger charge is 2.56. The Balaban J connectivity index is 1.99. The van der Waals surface area contributed by atoms with Gasteiger partial charge < -0.3 is 0 Å². The number of rotatable bonds is 6. The minimum absolute atomic E-state index is 0.667. The molecule has 2 aliphatic carbocycles. The molecule has 2 saturated carbocycles. The molecule has 8 atom stereocenters. The molecule has 20 heavy (non-hydrogen) atoms. The maximum absolute atomic E-state index is 2.62. The predicted octanol–water partition coefficient (Wildman–Crippen LogP) is 6.40. The van der Waals surface area contributed by atoms with Crippen molar-refractivity contribution in [1.29, 1.82) is 0 Å².